The highest BCUT2D eigenvalue weighted by Gasteiger charge is 2.31. The maximum absolute atomic E-state index is 12.3. The van der Waals surface area contributed by atoms with Crippen molar-refractivity contribution in [3.8, 4) is 5.75 Å². The largest absolute Gasteiger partial charge is 0.508 e. The molecule has 1 amide bonds. The van der Waals surface area contributed by atoms with Gasteiger partial charge in [-0.2, -0.15) is 0 Å². The zero-order valence-electron chi connectivity index (χ0n) is 12.8. The third-order valence-corrected chi connectivity index (χ3v) is 4.42. The summed E-state index contributed by atoms with van der Waals surface area (Å²) in [6, 6.07) is 7.72. The summed E-state index contributed by atoms with van der Waals surface area (Å²) in [6.45, 7) is 1.17. The molecule has 116 valence electrons. The van der Waals surface area contributed by atoms with E-state index in [0.29, 0.717) is 25.6 Å². The van der Waals surface area contributed by atoms with Gasteiger partial charge in [0, 0.05) is 38.6 Å². The topological polar surface area (TPSA) is 69.8 Å². The number of likely N-dealkylation sites (tertiary alicyclic amines) is 1. The number of nitrogens with zero attached hydrogens (tertiary/aromatic N) is 2. The van der Waals surface area contributed by atoms with Gasteiger partial charge < -0.3 is 15.7 Å². The molecule has 0 aromatic heterocycles. The molecule has 5 nitrogen and oxygen atoms in total. The predicted octanol–water partition coefficient (Wildman–Crippen LogP) is 1.16. The van der Waals surface area contributed by atoms with Crippen LogP contribution in [0.2, 0.25) is 0 Å². The molecule has 1 saturated heterocycles. The number of rotatable bonds is 5. The monoisotopic (exact) mass is 291 g/mol. The predicted molar refractivity (Wildman–Crippen MR) is 82.8 cm³/mol. The van der Waals surface area contributed by atoms with E-state index >= 15 is 0 Å². The number of phenolic OH excluding ortho intramolecular Hbond substituents is 1. The quantitative estimate of drug-likeness (QED) is 0.854. The summed E-state index contributed by atoms with van der Waals surface area (Å²) >= 11 is 0. The van der Waals surface area contributed by atoms with Crippen LogP contribution in [0.5, 0.6) is 5.75 Å². The van der Waals surface area contributed by atoms with Gasteiger partial charge in [0.15, 0.2) is 0 Å². The van der Waals surface area contributed by atoms with Crippen molar-refractivity contribution in [3.05, 3.63) is 29.8 Å². The van der Waals surface area contributed by atoms with Crippen molar-refractivity contribution in [1.82, 2.24) is 9.80 Å². The molecular weight excluding hydrogens is 266 g/mol. The number of phenols is 1. The lowest BCUT2D eigenvalue weighted by atomic mass is 10.1. The van der Waals surface area contributed by atoms with Crippen molar-refractivity contribution in [2.24, 2.45) is 5.73 Å². The van der Waals surface area contributed by atoms with E-state index < -0.39 is 0 Å². The Kier molecular flexibility index (Phi) is 5.20. The minimum atomic E-state index is 0.132. The molecule has 0 spiro atoms. The van der Waals surface area contributed by atoms with Gasteiger partial charge in [-0.3, -0.25) is 9.69 Å². The average Bonchev–Trinajstić information content (AvgIpc) is 2.79. The van der Waals surface area contributed by atoms with Crippen molar-refractivity contribution < 1.29 is 9.90 Å². The van der Waals surface area contributed by atoms with Gasteiger partial charge in [-0.05, 0) is 37.6 Å². The minimum absolute atomic E-state index is 0.132. The molecule has 5 heteroatoms. The van der Waals surface area contributed by atoms with Crippen LogP contribution in [0.1, 0.15) is 24.8 Å². The summed E-state index contributed by atoms with van der Waals surface area (Å²) < 4.78 is 0. The molecule has 0 bridgehead atoms. The second-order valence-corrected chi connectivity index (χ2v) is 5.91. The number of nitrogens with two attached hydrogens (primary N) is 1. The van der Waals surface area contributed by atoms with E-state index in [-0.39, 0.29) is 17.7 Å². The first-order valence-electron chi connectivity index (χ1n) is 7.45. The third kappa shape index (κ3) is 3.95. The standard InChI is InChI=1S/C16H25N3O2/c1-18(11-12-4-3-5-15(20)8-12)16(21)9-13-6-7-14(10-17)19(13)2/h3-5,8,13-14,20H,6-7,9-11,17H2,1-2H3/t13-,14+/m0/s1. The van der Waals surface area contributed by atoms with Crippen molar-refractivity contribution in [1.29, 1.82) is 0 Å². The fourth-order valence-electron chi connectivity index (χ4n) is 2.99. The van der Waals surface area contributed by atoms with E-state index in [0.717, 1.165) is 18.4 Å². The van der Waals surface area contributed by atoms with Crippen LogP contribution in [-0.4, -0.2) is 53.5 Å². The van der Waals surface area contributed by atoms with Crippen LogP contribution in [-0.2, 0) is 11.3 Å². The molecular formula is C16H25N3O2. The SMILES string of the molecule is CN(Cc1cccc(O)c1)C(=O)C[C@@H]1CC[C@H](CN)N1C. The molecule has 1 aromatic carbocycles. The van der Waals surface area contributed by atoms with Crippen LogP contribution in [0.4, 0.5) is 0 Å². The Morgan fingerprint density at radius 2 is 2.14 bits per heavy atom. The van der Waals surface area contributed by atoms with Crippen LogP contribution in [0.3, 0.4) is 0 Å². The molecule has 0 aliphatic carbocycles. The number of likely N-dealkylation sites (N-methyl/N-ethyl adjacent to an activating group) is 1. The number of amides is 1. The van der Waals surface area contributed by atoms with Gasteiger partial charge in [0.05, 0.1) is 0 Å². The first kappa shape index (κ1) is 15.8. The van der Waals surface area contributed by atoms with Crippen LogP contribution in [0.15, 0.2) is 24.3 Å². The van der Waals surface area contributed by atoms with Crippen LogP contribution < -0.4 is 5.73 Å². The maximum Gasteiger partial charge on any atom is 0.224 e. The Hall–Kier alpha value is -1.59. The summed E-state index contributed by atoms with van der Waals surface area (Å²) in [5.74, 6) is 0.363. The van der Waals surface area contributed by atoms with Crippen LogP contribution >= 0.6 is 0 Å². The van der Waals surface area contributed by atoms with Crippen molar-refractivity contribution in [3.63, 3.8) is 0 Å². The number of hydrogen-bond donors (Lipinski definition) is 2. The smallest absolute Gasteiger partial charge is 0.224 e. The molecule has 0 unspecified atom stereocenters. The van der Waals surface area contributed by atoms with Gasteiger partial charge in [0.1, 0.15) is 5.75 Å². The lowest BCUT2D eigenvalue weighted by molar-refractivity contribution is -0.131. The van der Waals surface area contributed by atoms with E-state index in [2.05, 4.69) is 11.9 Å². The summed E-state index contributed by atoms with van der Waals surface area (Å²) in [4.78, 5) is 16.3. The third-order valence-electron chi connectivity index (χ3n) is 4.42. The molecule has 1 fully saturated rings. The highest BCUT2D eigenvalue weighted by atomic mass is 16.3. The van der Waals surface area contributed by atoms with Gasteiger partial charge in [-0.15, -0.1) is 0 Å². The van der Waals surface area contributed by atoms with Crippen LogP contribution in [0, 0.1) is 0 Å². The molecule has 2 atom stereocenters. The Balaban J connectivity index is 1.88. The summed E-state index contributed by atoms with van der Waals surface area (Å²) in [6.07, 6.45) is 2.63. The van der Waals surface area contributed by atoms with E-state index in [1.54, 1.807) is 23.1 Å². The molecule has 1 aliphatic heterocycles. The molecule has 0 saturated carbocycles. The highest BCUT2D eigenvalue weighted by Crippen LogP contribution is 2.24. The van der Waals surface area contributed by atoms with Gasteiger partial charge in [-0.25, -0.2) is 0 Å². The van der Waals surface area contributed by atoms with Crippen LogP contribution in [0.25, 0.3) is 0 Å². The Labute approximate surface area is 126 Å². The summed E-state index contributed by atoms with van der Waals surface area (Å²) in [5, 5.41) is 9.46. The lowest BCUT2D eigenvalue weighted by Crippen LogP contribution is -2.39. The Morgan fingerprint density at radius 1 is 1.43 bits per heavy atom. The van der Waals surface area contributed by atoms with E-state index in [1.807, 2.05) is 13.1 Å². The molecule has 21 heavy (non-hydrogen) atoms. The second kappa shape index (κ2) is 6.91. The molecule has 1 aliphatic rings. The van der Waals surface area contributed by atoms with Gasteiger partial charge >= 0.3 is 0 Å². The van der Waals surface area contributed by atoms with Crippen molar-refractivity contribution >= 4 is 5.91 Å². The molecule has 1 aromatic rings. The zero-order chi connectivity index (χ0) is 15.4. The number of carbonyl (C=O) groups is 1. The number of hydrogen-bond acceptors (Lipinski definition) is 4. The van der Waals surface area contributed by atoms with E-state index in [9.17, 15) is 9.90 Å². The first-order chi connectivity index (χ1) is 10.0. The number of aromatic hydroxyl groups is 1. The minimum Gasteiger partial charge on any atom is -0.508 e. The number of benzene rings is 1. The van der Waals surface area contributed by atoms with Gasteiger partial charge in [0.25, 0.3) is 0 Å². The first-order valence-corrected chi connectivity index (χ1v) is 7.45. The number of carbonyl (C=O) groups excluding carboxylic acids is 1. The molecule has 0 radical (unpaired) electrons. The van der Waals surface area contributed by atoms with Gasteiger partial charge in [-0.1, -0.05) is 12.1 Å². The highest BCUT2D eigenvalue weighted by molar-refractivity contribution is 5.76. The van der Waals surface area contributed by atoms with Crippen molar-refractivity contribution in [2.75, 3.05) is 20.6 Å². The fraction of sp³-hybridized carbons (Fsp3) is 0.562. The average molecular weight is 291 g/mol. The Bertz CT molecular complexity index is 492. The zero-order valence-corrected chi connectivity index (χ0v) is 12.8. The normalized spacial score (nSPS) is 22.4. The lowest BCUT2D eigenvalue weighted by Gasteiger charge is -2.26. The summed E-state index contributed by atoms with van der Waals surface area (Å²) in [5.41, 5.74) is 6.67. The molecule has 2 rings (SSSR count). The molecule has 1 heterocycles. The van der Waals surface area contributed by atoms with Gasteiger partial charge in [0.2, 0.25) is 5.91 Å². The summed E-state index contributed by atoms with van der Waals surface area (Å²) in [7, 11) is 3.86. The Morgan fingerprint density at radius 3 is 2.76 bits per heavy atom. The molecule has 3 N–H and O–H groups in total. The fourth-order valence-corrected chi connectivity index (χ4v) is 2.99. The maximum atomic E-state index is 12.3. The van der Waals surface area contributed by atoms with Crippen molar-refractivity contribution in [2.45, 2.75) is 37.9 Å². The van der Waals surface area contributed by atoms with E-state index in [1.165, 1.54) is 0 Å². The van der Waals surface area contributed by atoms with E-state index in [4.69, 9.17) is 5.73 Å². The second-order valence-electron chi connectivity index (χ2n) is 5.91.